The van der Waals surface area contributed by atoms with Gasteiger partial charge < -0.3 is 9.73 Å². The van der Waals surface area contributed by atoms with E-state index in [9.17, 15) is 14.9 Å². The topological polar surface area (TPSA) is 124 Å². The van der Waals surface area contributed by atoms with Crippen molar-refractivity contribution in [2.75, 3.05) is 5.32 Å². The third-order valence-electron chi connectivity index (χ3n) is 3.78. The minimum absolute atomic E-state index is 0.0136. The maximum absolute atomic E-state index is 12.5. The molecule has 0 spiro atoms. The van der Waals surface area contributed by atoms with Crippen molar-refractivity contribution in [1.82, 2.24) is 15.2 Å². The number of carbonyl (C=O) groups excluding carboxylic acids is 1. The fraction of sp³-hybridized carbons (Fsp3) is 0.333. The number of nitro groups is 1. The van der Waals surface area contributed by atoms with E-state index in [1.54, 1.807) is 24.4 Å². The van der Waals surface area contributed by atoms with Crippen molar-refractivity contribution in [2.24, 2.45) is 0 Å². The summed E-state index contributed by atoms with van der Waals surface area (Å²) >= 11 is 2.41. The second-order valence-electron chi connectivity index (χ2n) is 7.22. The van der Waals surface area contributed by atoms with E-state index in [-0.39, 0.29) is 17.0 Å². The summed E-state index contributed by atoms with van der Waals surface area (Å²) in [6.45, 7) is 7.63. The van der Waals surface area contributed by atoms with Crippen LogP contribution in [0.1, 0.15) is 33.6 Å². The van der Waals surface area contributed by atoms with E-state index >= 15 is 0 Å². The van der Waals surface area contributed by atoms with Crippen molar-refractivity contribution in [3.63, 3.8) is 0 Å². The van der Waals surface area contributed by atoms with Crippen LogP contribution in [0.3, 0.4) is 0 Å². The molecule has 3 aromatic rings. The lowest BCUT2D eigenvalue weighted by atomic mass is 9.97. The Labute approximate surface area is 175 Å². The standard InChI is InChI=1S/C18H19N5O4S2/c1-10(29-17-22-21-15(27-17)18(2,3)4)14(24)20-16-19-13(9-28-16)11-6-5-7-12(8-11)23(25)26/h5-10H,1-4H3,(H,19,20,24). The minimum Gasteiger partial charge on any atom is -0.415 e. The van der Waals surface area contributed by atoms with Crippen LogP contribution in [0, 0.1) is 10.1 Å². The first-order chi connectivity index (χ1) is 13.6. The lowest BCUT2D eigenvalue weighted by Gasteiger charge is -2.11. The summed E-state index contributed by atoms with van der Waals surface area (Å²) in [7, 11) is 0. The predicted molar refractivity (Wildman–Crippen MR) is 111 cm³/mol. The van der Waals surface area contributed by atoms with Crippen molar-refractivity contribution >= 4 is 39.8 Å². The van der Waals surface area contributed by atoms with E-state index in [4.69, 9.17) is 4.42 Å². The fourth-order valence-electron chi connectivity index (χ4n) is 2.21. The van der Waals surface area contributed by atoms with Crippen LogP contribution in [0.2, 0.25) is 0 Å². The lowest BCUT2D eigenvalue weighted by Crippen LogP contribution is -2.22. The summed E-state index contributed by atoms with van der Waals surface area (Å²) in [5.41, 5.74) is 0.890. The first-order valence-electron chi connectivity index (χ1n) is 8.65. The highest BCUT2D eigenvalue weighted by atomic mass is 32.2. The van der Waals surface area contributed by atoms with Gasteiger partial charge in [-0.15, -0.1) is 21.5 Å². The number of amides is 1. The van der Waals surface area contributed by atoms with Gasteiger partial charge in [-0.05, 0) is 6.92 Å². The second kappa shape index (κ2) is 8.29. The molecule has 0 fully saturated rings. The molecule has 0 aliphatic carbocycles. The van der Waals surface area contributed by atoms with Crippen LogP contribution in [0.5, 0.6) is 0 Å². The van der Waals surface area contributed by atoms with Crippen molar-refractivity contribution in [3.8, 4) is 11.3 Å². The normalized spacial score (nSPS) is 12.6. The Bertz CT molecular complexity index is 1040. The average Bonchev–Trinajstić information content (AvgIpc) is 3.31. The molecule has 152 valence electrons. The maximum Gasteiger partial charge on any atom is 0.277 e. The zero-order chi connectivity index (χ0) is 21.2. The first-order valence-corrected chi connectivity index (χ1v) is 10.4. The molecule has 29 heavy (non-hydrogen) atoms. The average molecular weight is 434 g/mol. The Morgan fingerprint density at radius 1 is 1.34 bits per heavy atom. The molecule has 11 heteroatoms. The minimum atomic E-state index is -0.478. The van der Waals surface area contributed by atoms with Crippen molar-refractivity contribution in [2.45, 2.75) is 43.6 Å². The Morgan fingerprint density at radius 3 is 2.76 bits per heavy atom. The van der Waals surface area contributed by atoms with E-state index in [1.165, 1.54) is 35.2 Å². The van der Waals surface area contributed by atoms with Crippen LogP contribution >= 0.6 is 23.1 Å². The van der Waals surface area contributed by atoms with Crippen LogP contribution in [-0.2, 0) is 10.2 Å². The fourth-order valence-corrected chi connectivity index (χ4v) is 3.62. The van der Waals surface area contributed by atoms with Crippen molar-refractivity contribution < 1.29 is 14.1 Å². The molecular weight excluding hydrogens is 414 g/mol. The number of thioether (sulfide) groups is 1. The predicted octanol–water partition coefficient (Wildman–Crippen LogP) is 4.52. The van der Waals surface area contributed by atoms with Gasteiger partial charge in [0.15, 0.2) is 5.13 Å². The number of rotatable bonds is 6. The number of carbonyl (C=O) groups is 1. The summed E-state index contributed by atoms with van der Waals surface area (Å²) in [5.74, 6) is 0.250. The number of anilines is 1. The van der Waals surface area contributed by atoms with Gasteiger partial charge in [-0.3, -0.25) is 14.9 Å². The molecule has 3 rings (SSSR count). The van der Waals surface area contributed by atoms with E-state index in [0.29, 0.717) is 27.5 Å². The van der Waals surface area contributed by atoms with Gasteiger partial charge in [0.2, 0.25) is 11.8 Å². The SMILES string of the molecule is CC(Sc1nnc(C(C)(C)C)o1)C(=O)Nc1nc(-c2cccc([N+](=O)[O-])c2)cs1. The Hall–Kier alpha value is -2.79. The summed E-state index contributed by atoms with van der Waals surface area (Å²) < 4.78 is 5.60. The molecule has 1 N–H and O–H groups in total. The first kappa shape index (κ1) is 20.9. The molecule has 2 heterocycles. The number of hydrogen-bond donors (Lipinski definition) is 1. The smallest absolute Gasteiger partial charge is 0.277 e. The number of nitrogens with one attached hydrogen (secondary N) is 1. The van der Waals surface area contributed by atoms with Crippen LogP contribution in [-0.4, -0.2) is 31.3 Å². The summed E-state index contributed by atoms with van der Waals surface area (Å²) in [6, 6.07) is 6.19. The van der Waals surface area contributed by atoms with Crippen molar-refractivity contribution in [3.05, 3.63) is 45.7 Å². The van der Waals surface area contributed by atoms with Gasteiger partial charge >= 0.3 is 0 Å². The van der Waals surface area contributed by atoms with Gasteiger partial charge in [0.25, 0.3) is 10.9 Å². The van der Waals surface area contributed by atoms with Crippen LogP contribution in [0.4, 0.5) is 10.8 Å². The number of nitro benzene ring substituents is 1. The Kier molecular flexibility index (Phi) is 5.99. The molecule has 0 bridgehead atoms. The molecule has 0 radical (unpaired) electrons. The molecule has 1 aromatic carbocycles. The van der Waals surface area contributed by atoms with E-state index in [1.807, 2.05) is 20.8 Å². The summed E-state index contributed by atoms with van der Waals surface area (Å²) in [4.78, 5) is 27.3. The Balaban J connectivity index is 1.64. The highest BCUT2D eigenvalue weighted by Crippen LogP contribution is 2.30. The zero-order valence-corrected chi connectivity index (χ0v) is 17.8. The molecule has 1 unspecified atom stereocenters. The monoisotopic (exact) mass is 433 g/mol. The van der Waals surface area contributed by atoms with Gasteiger partial charge in [0.05, 0.1) is 15.9 Å². The molecule has 0 aliphatic rings. The molecule has 1 amide bonds. The van der Waals surface area contributed by atoms with Gasteiger partial charge in [-0.1, -0.05) is 44.7 Å². The van der Waals surface area contributed by atoms with Gasteiger partial charge in [-0.2, -0.15) is 0 Å². The molecule has 0 saturated carbocycles. The number of thiazole rings is 1. The number of aromatic nitrogens is 3. The quantitative estimate of drug-likeness (QED) is 0.342. The van der Waals surface area contributed by atoms with Gasteiger partial charge in [0, 0.05) is 28.5 Å². The van der Waals surface area contributed by atoms with Crippen molar-refractivity contribution in [1.29, 1.82) is 0 Å². The highest BCUT2D eigenvalue weighted by molar-refractivity contribution is 8.00. The zero-order valence-electron chi connectivity index (χ0n) is 16.2. The third-order valence-corrected chi connectivity index (χ3v) is 5.47. The number of benzene rings is 1. The molecular formula is C18H19N5O4S2. The second-order valence-corrected chi connectivity index (χ2v) is 9.37. The summed E-state index contributed by atoms with van der Waals surface area (Å²) in [6.07, 6.45) is 0. The lowest BCUT2D eigenvalue weighted by molar-refractivity contribution is -0.384. The maximum atomic E-state index is 12.5. The summed E-state index contributed by atoms with van der Waals surface area (Å²) in [5, 5.41) is 23.7. The van der Waals surface area contributed by atoms with Gasteiger partial charge in [0.1, 0.15) is 0 Å². The number of nitrogens with zero attached hydrogens (tertiary/aromatic N) is 4. The highest BCUT2D eigenvalue weighted by Gasteiger charge is 2.24. The molecule has 0 saturated heterocycles. The molecule has 1 atom stereocenters. The molecule has 9 nitrogen and oxygen atoms in total. The Morgan fingerprint density at radius 2 is 2.10 bits per heavy atom. The van der Waals surface area contributed by atoms with E-state index < -0.39 is 10.2 Å². The molecule has 2 aromatic heterocycles. The number of non-ortho nitro benzene ring substituents is 1. The van der Waals surface area contributed by atoms with E-state index in [0.717, 1.165) is 0 Å². The third kappa shape index (κ3) is 5.18. The van der Waals surface area contributed by atoms with Crippen LogP contribution < -0.4 is 5.32 Å². The van der Waals surface area contributed by atoms with Gasteiger partial charge in [-0.25, -0.2) is 4.98 Å². The molecule has 0 aliphatic heterocycles. The number of hydrogen-bond acceptors (Lipinski definition) is 9. The van der Waals surface area contributed by atoms with Crippen LogP contribution in [0.25, 0.3) is 11.3 Å². The van der Waals surface area contributed by atoms with E-state index in [2.05, 4.69) is 20.5 Å². The van der Waals surface area contributed by atoms with Crippen LogP contribution in [0.15, 0.2) is 39.3 Å². The largest absolute Gasteiger partial charge is 0.415 e.